The van der Waals surface area contributed by atoms with Crippen LogP contribution in [0, 0.1) is 0 Å². The minimum absolute atomic E-state index is 0.197. The zero-order valence-electron chi connectivity index (χ0n) is 4.72. The standard InChI is InChI=1S/C3H2BN2O4/c7-1-2-5-6-3(9-2)10-4-8/h1,8H. The second-order valence-electron chi connectivity index (χ2n) is 1.25. The molecule has 0 aromatic carbocycles. The van der Waals surface area contributed by atoms with Gasteiger partial charge in [0.25, 0.3) is 5.89 Å². The number of carbonyl (C=O) groups excluding carboxylic acids is 1. The maximum absolute atomic E-state index is 9.90. The molecule has 7 heteroatoms. The predicted molar refractivity (Wildman–Crippen MR) is 28.3 cm³/mol. The molecule has 1 N–H and O–H groups in total. The molecule has 0 saturated carbocycles. The number of aromatic nitrogens is 2. The average Bonchev–Trinajstić information content (AvgIpc) is 2.37. The average molecular weight is 141 g/mol. The van der Waals surface area contributed by atoms with Gasteiger partial charge in [0.05, 0.1) is 0 Å². The molecule has 1 heterocycles. The van der Waals surface area contributed by atoms with Gasteiger partial charge in [-0.05, 0) is 0 Å². The van der Waals surface area contributed by atoms with Crippen LogP contribution in [0.25, 0.3) is 0 Å². The first-order valence-corrected chi connectivity index (χ1v) is 2.28. The van der Waals surface area contributed by atoms with Crippen molar-refractivity contribution in [3.8, 4) is 6.08 Å². The Balaban J connectivity index is 2.68. The van der Waals surface area contributed by atoms with Crippen molar-refractivity contribution >= 4 is 14.0 Å². The Hall–Kier alpha value is -1.37. The van der Waals surface area contributed by atoms with Crippen LogP contribution in [0.3, 0.4) is 0 Å². The van der Waals surface area contributed by atoms with E-state index in [0.717, 1.165) is 0 Å². The van der Waals surface area contributed by atoms with E-state index in [4.69, 9.17) is 5.02 Å². The maximum Gasteiger partial charge on any atom is 0.572 e. The van der Waals surface area contributed by atoms with Crippen LogP contribution in [0.1, 0.15) is 10.7 Å². The van der Waals surface area contributed by atoms with E-state index < -0.39 is 0 Å². The molecule has 10 heavy (non-hydrogen) atoms. The van der Waals surface area contributed by atoms with Crippen molar-refractivity contribution in [2.45, 2.75) is 0 Å². The molecule has 1 aromatic rings. The van der Waals surface area contributed by atoms with Crippen LogP contribution in [-0.4, -0.2) is 29.2 Å². The van der Waals surface area contributed by atoms with Gasteiger partial charge in [-0.25, -0.2) is 0 Å². The normalized spacial score (nSPS) is 8.90. The van der Waals surface area contributed by atoms with Crippen LogP contribution in [0.15, 0.2) is 4.42 Å². The lowest BCUT2D eigenvalue weighted by Gasteiger charge is -1.86. The largest absolute Gasteiger partial charge is 0.572 e. The molecule has 51 valence electrons. The van der Waals surface area contributed by atoms with Gasteiger partial charge in [-0.2, -0.15) is 0 Å². The third kappa shape index (κ3) is 1.32. The van der Waals surface area contributed by atoms with Gasteiger partial charge in [0.15, 0.2) is 0 Å². The highest BCUT2D eigenvalue weighted by Crippen LogP contribution is 2.04. The molecular formula is C3H2BN2O4. The molecule has 6 nitrogen and oxygen atoms in total. The van der Waals surface area contributed by atoms with Crippen LogP contribution >= 0.6 is 0 Å². The molecule has 0 fully saturated rings. The molecule has 1 aromatic heterocycles. The maximum atomic E-state index is 9.90. The molecule has 0 aliphatic rings. The summed E-state index contributed by atoms with van der Waals surface area (Å²) in [5.74, 6) is -0.197. The third-order valence-corrected chi connectivity index (χ3v) is 0.676. The van der Waals surface area contributed by atoms with E-state index in [1.165, 1.54) is 0 Å². The molecule has 0 aliphatic carbocycles. The predicted octanol–water partition coefficient (Wildman–Crippen LogP) is -1.21. The van der Waals surface area contributed by atoms with Crippen molar-refractivity contribution in [3.63, 3.8) is 0 Å². The van der Waals surface area contributed by atoms with Gasteiger partial charge in [-0.1, -0.05) is 5.10 Å². The van der Waals surface area contributed by atoms with Gasteiger partial charge in [0.2, 0.25) is 6.29 Å². The molecule has 1 rings (SSSR count). The molecule has 0 amide bonds. The minimum atomic E-state index is -0.274. The smallest absolute Gasteiger partial charge is 0.494 e. The highest BCUT2D eigenvalue weighted by atomic mass is 16.6. The summed E-state index contributed by atoms with van der Waals surface area (Å²) in [4.78, 5) is 9.90. The van der Waals surface area contributed by atoms with E-state index in [1.54, 1.807) is 0 Å². The molecule has 0 spiro atoms. The van der Waals surface area contributed by atoms with Crippen LogP contribution in [0.2, 0.25) is 0 Å². The quantitative estimate of drug-likeness (QED) is 0.419. The van der Waals surface area contributed by atoms with E-state index in [0.29, 0.717) is 14.0 Å². The summed E-state index contributed by atoms with van der Waals surface area (Å²) in [6.07, 6.45) is 0.0987. The lowest BCUT2D eigenvalue weighted by molar-refractivity contribution is 0.109. The number of aldehydes is 1. The second kappa shape index (κ2) is 2.97. The summed E-state index contributed by atoms with van der Waals surface area (Å²) in [6, 6.07) is 0. The minimum Gasteiger partial charge on any atom is -0.494 e. The molecule has 0 bridgehead atoms. The lowest BCUT2D eigenvalue weighted by Crippen LogP contribution is -1.99. The fourth-order valence-electron chi connectivity index (χ4n) is 0.361. The van der Waals surface area contributed by atoms with E-state index in [9.17, 15) is 4.79 Å². The van der Waals surface area contributed by atoms with Crippen molar-refractivity contribution < 1.29 is 18.9 Å². The molecule has 0 atom stereocenters. The van der Waals surface area contributed by atoms with E-state index in [-0.39, 0.29) is 12.0 Å². The topological polar surface area (TPSA) is 85.5 Å². The lowest BCUT2D eigenvalue weighted by atomic mass is 10.4. The highest BCUT2D eigenvalue weighted by Gasteiger charge is 2.04. The second-order valence-corrected chi connectivity index (χ2v) is 1.25. The fourth-order valence-corrected chi connectivity index (χ4v) is 0.361. The first-order chi connectivity index (χ1) is 4.86. The Kier molecular flexibility index (Phi) is 2.01. The van der Waals surface area contributed by atoms with Crippen LogP contribution in [0.5, 0.6) is 6.08 Å². The van der Waals surface area contributed by atoms with Crippen molar-refractivity contribution in [2.75, 3.05) is 0 Å². The number of hydrogen-bond donors (Lipinski definition) is 1. The van der Waals surface area contributed by atoms with Crippen LogP contribution in [0.4, 0.5) is 0 Å². The van der Waals surface area contributed by atoms with E-state index in [1.807, 2.05) is 0 Å². The summed E-state index contributed by atoms with van der Waals surface area (Å²) < 4.78 is 8.69. The van der Waals surface area contributed by atoms with E-state index >= 15 is 0 Å². The Bertz CT molecular complexity index is 224. The number of hydrogen-bond acceptors (Lipinski definition) is 6. The summed E-state index contributed by atoms with van der Waals surface area (Å²) in [5, 5.41) is 14.5. The molecule has 0 aliphatic heterocycles. The zero-order chi connectivity index (χ0) is 7.40. The number of rotatable bonds is 3. The molecule has 0 unspecified atom stereocenters. The Morgan fingerprint density at radius 2 is 2.50 bits per heavy atom. The molecular weight excluding hydrogens is 139 g/mol. The molecule has 0 saturated heterocycles. The zero-order valence-corrected chi connectivity index (χ0v) is 4.72. The summed E-state index contributed by atoms with van der Waals surface area (Å²) >= 11 is 0. The Morgan fingerprint density at radius 1 is 1.70 bits per heavy atom. The van der Waals surface area contributed by atoms with Gasteiger partial charge < -0.3 is 14.1 Å². The van der Waals surface area contributed by atoms with Crippen LogP contribution < -0.4 is 4.65 Å². The SMILES string of the molecule is O=Cc1nnc(O[B]O)o1. The van der Waals surface area contributed by atoms with Crippen LogP contribution in [-0.2, 0) is 0 Å². The summed E-state index contributed by atoms with van der Waals surface area (Å²) in [6.45, 7) is 0. The Morgan fingerprint density at radius 3 is 3.00 bits per heavy atom. The van der Waals surface area contributed by atoms with Crippen molar-refractivity contribution in [1.29, 1.82) is 0 Å². The third-order valence-electron chi connectivity index (χ3n) is 0.676. The van der Waals surface area contributed by atoms with Crippen molar-refractivity contribution in [3.05, 3.63) is 5.89 Å². The van der Waals surface area contributed by atoms with E-state index in [2.05, 4.69) is 19.3 Å². The number of carbonyl (C=O) groups is 1. The van der Waals surface area contributed by atoms with Crippen molar-refractivity contribution in [1.82, 2.24) is 10.2 Å². The Labute approximate surface area is 56.1 Å². The monoisotopic (exact) mass is 141 g/mol. The fraction of sp³-hybridized carbons (Fsp3) is 0. The summed E-state index contributed by atoms with van der Waals surface area (Å²) in [5.41, 5.74) is 0. The molecule has 1 radical (unpaired) electrons. The van der Waals surface area contributed by atoms with Gasteiger partial charge in [-0.3, -0.25) is 4.79 Å². The first-order valence-electron chi connectivity index (χ1n) is 2.28. The number of nitrogens with zero attached hydrogens (tertiary/aromatic N) is 2. The first kappa shape index (κ1) is 6.75. The van der Waals surface area contributed by atoms with Gasteiger partial charge in [-0.15, -0.1) is 5.10 Å². The highest BCUT2D eigenvalue weighted by molar-refractivity contribution is 6.17. The van der Waals surface area contributed by atoms with Gasteiger partial charge in [0, 0.05) is 0 Å². The summed E-state index contributed by atoms with van der Waals surface area (Å²) in [7, 11) is 0.377. The van der Waals surface area contributed by atoms with Gasteiger partial charge in [0.1, 0.15) is 0 Å². The van der Waals surface area contributed by atoms with Crippen molar-refractivity contribution in [2.24, 2.45) is 0 Å². The van der Waals surface area contributed by atoms with Gasteiger partial charge >= 0.3 is 13.8 Å².